The third kappa shape index (κ3) is 5.29. The van der Waals surface area contributed by atoms with E-state index in [2.05, 4.69) is 11.6 Å². The fourth-order valence-electron chi connectivity index (χ4n) is 1.23. The molecule has 6 heteroatoms. The molecular formula is C13H15N3O3. The van der Waals surface area contributed by atoms with E-state index < -0.39 is 12.0 Å². The van der Waals surface area contributed by atoms with Crippen LogP contribution < -0.4 is 5.73 Å². The van der Waals surface area contributed by atoms with Crippen molar-refractivity contribution >= 4 is 5.97 Å². The first-order valence-corrected chi connectivity index (χ1v) is 5.63. The van der Waals surface area contributed by atoms with Gasteiger partial charge in [-0.3, -0.25) is 0 Å². The minimum absolute atomic E-state index is 0.134. The van der Waals surface area contributed by atoms with Crippen molar-refractivity contribution in [3.05, 3.63) is 42.2 Å². The maximum Gasteiger partial charge on any atom is 0.357 e. The minimum Gasteiger partial charge on any atom is -0.457 e. The van der Waals surface area contributed by atoms with E-state index in [1.165, 1.54) is 12.3 Å². The Bertz CT molecular complexity index is 482. The number of nitrogens with two attached hydrogens (primary N) is 1. The summed E-state index contributed by atoms with van der Waals surface area (Å²) in [6, 6.07) is 4.49. The summed E-state index contributed by atoms with van der Waals surface area (Å²) >= 11 is 0. The van der Waals surface area contributed by atoms with Crippen LogP contribution in [-0.4, -0.2) is 30.2 Å². The first-order valence-electron chi connectivity index (χ1n) is 5.63. The second-order valence-corrected chi connectivity index (χ2v) is 3.69. The molecule has 1 unspecified atom stereocenters. The summed E-state index contributed by atoms with van der Waals surface area (Å²) < 4.78 is 10.1. The largest absolute Gasteiger partial charge is 0.457 e. The summed E-state index contributed by atoms with van der Waals surface area (Å²) in [4.78, 5) is 15.5. The van der Waals surface area contributed by atoms with Crippen molar-refractivity contribution in [1.29, 1.82) is 5.26 Å². The molecule has 0 saturated heterocycles. The van der Waals surface area contributed by atoms with Crippen LogP contribution in [0.4, 0.5) is 0 Å². The fourth-order valence-corrected chi connectivity index (χ4v) is 1.23. The van der Waals surface area contributed by atoms with Crippen LogP contribution in [0.2, 0.25) is 0 Å². The van der Waals surface area contributed by atoms with E-state index in [0.29, 0.717) is 0 Å². The number of aromatic nitrogens is 1. The monoisotopic (exact) mass is 261 g/mol. The van der Waals surface area contributed by atoms with Crippen molar-refractivity contribution in [1.82, 2.24) is 4.98 Å². The highest BCUT2D eigenvalue weighted by Gasteiger charge is 2.09. The van der Waals surface area contributed by atoms with E-state index in [1.54, 1.807) is 12.1 Å². The van der Waals surface area contributed by atoms with Crippen molar-refractivity contribution < 1.29 is 14.3 Å². The van der Waals surface area contributed by atoms with Crippen LogP contribution in [0.25, 0.3) is 0 Å². The average molecular weight is 261 g/mol. The maximum atomic E-state index is 11.5. The van der Waals surface area contributed by atoms with E-state index in [4.69, 9.17) is 20.5 Å². The summed E-state index contributed by atoms with van der Waals surface area (Å²) in [6.45, 7) is 3.97. The van der Waals surface area contributed by atoms with Crippen molar-refractivity contribution in [2.24, 2.45) is 5.73 Å². The van der Waals surface area contributed by atoms with E-state index >= 15 is 0 Å². The van der Waals surface area contributed by atoms with Gasteiger partial charge in [0.25, 0.3) is 0 Å². The van der Waals surface area contributed by atoms with Gasteiger partial charge < -0.3 is 15.2 Å². The first kappa shape index (κ1) is 14.8. The molecule has 1 heterocycles. The normalized spacial score (nSPS) is 11.4. The number of carbonyl (C=O) groups excluding carboxylic acids is 1. The lowest BCUT2D eigenvalue weighted by atomic mass is 10.2. The van der Waals surface area contributed by atoms with Gasteiger partial charge >= 0.3 is 5.97 Å². The van der Waals surface area contributed by atoms with Crippen LogP contribution >= 0.6 is 0 Å². The standard InChI is InChI=1S/C13H15N3O3/c1-2-5-19-13(17)12-6-10(3-4-16-12)8-18-9-11(15)7-14/h2-4,6,11H,1,5,8-9,15H2. The summed E-state index contributed by atoms with van der Waals surface area (Å²) in [7, 11) is 0. The van der Waals surface area contributed by atoms with Crippen molar-refractivity contribution in [2.75, 3.05) is 13.2 Å². The van der Waals surface area contributed by atoms with E-state index in [0.717, 1.165) is 5.56 Å². The Kier molecular flexibility index (Phi) is 6.22. The molecular weight excluding hydrogens is 246 g/mol. The van der Waals surface area contributed by atoms with E-state index in [9.17, 15) is 4.79 Å². The molecule has 0 radical (unpaired) electrons. The lowest BCUT2D eigenvalue weighted by Gasteiger charge is -2.06. The third-order valence-corrected chi connectivity index (χ3v) is 2.10. The summed E-state index contributed by atoms with van der Waals surface area (Å²) in [5.74, 6) is -0.518. The van der Waals surface area contributed by atoms with Gasteiger partial charge in [0.2, 0.25) is 0 Å². The maximum absolute atomic E-state index is 11.5. The Morgan fingerprint density at radius 3 is 3.16 bits per heavy atom. The van der Waals surface area contributed by atoms with Crippen LogP contribution in [0.5, 0.6) is 0 Å². The summed E-state index contributed by atoms with van der Waals surface area (Å²) in [6.07, 6.45) is 2.97. The zero-order valence-corrected chi connectivity index (χ0v) is 10.4. The summed E-state index contributed by atoms with van der Waals surface area (Å²) in [5.41, 5.74) is 6.34. The lowest BCUT2D eigenvalue weighted by Crippen LogP contribution is -2.23. The molecule has 1 aromatic rings. The molecule has 1 aromatic heterocycles. The van der Waals surface area contributed by atoms with Crippen LogP contribution in [0.15, 0.2) is 31.0 Å². The molecule has 0 aliphatic rings. The Labute approximate surface area is 111 Å². The highest BCUT2D eigenvalue weighted by atomic mass is 16.5. The van der Waals surface area contributed by atoms with Crippen LogP contribution in [0.3, 0.4) is 0 Å². The predicted molar refractivity (Wildman–Crippen MR) is 68.0 cm³/mol. The zero-order valence-electron chi connectivity index (χ0n) is 10.4. The van der Waals surface area contributed by atoms with E-state index in [-0.39, 0.29) is 25.5 Å². The molecule has 2 N–H and O–H groups in total. The van der Waals surface area contributed by atoms with Gasteiger partial charge in [0.15, 0.2) is 0 Å². The number of hydrogen-bond acceptors (Lipinski definition) is 6. The molecule has 1 rings (SSSR count). The molecule has 0 spiro atoms. The van der Waals surface area contributed by atoms with Crippen molar-refractivity contribution in [3.63, 3.8) is 0 Å². The average Bonchev–Trinajstić information content (AvgIpc) is 2.44. The van der Waals surface area contributed by atoms with Crippen molar-refractivity contribution in [2.45, 2.75) is 12.6 Å². The highest BCUT2D eigenvalue weighted by molar-refractivity contribution is 5.87. The SMILES string of the molecule is C=CCOC(=O)c1cc(COCC(N)C#N)ccn1. The number of pyridine rings is 1. The van der Waals surface area contributed by atoms with Gasteiger partial charge in [0, 0.05) is 6.20 Å². The van der Waals surface area contributed by atoms with Gasteiger partial charge in [-0.05, 0) is 17.7 Å². The Balaban J connectivity index is 2.54. The molecule has 0 aromatic carbocycles. The molecule has 0 bridgehead atoms. The van der Waals surface area contributed by atoms with Gasteiger partial charge in [-0.15, -0.1) is 0 Å². The molecule has 0 amide bonds. The van der Waals surface area contributed by atoms with Gasteiger partial charge in [-0.2, -0.15) is 5.26 Å². The number of hydrogen-bond donors (Lipinski definition) is 1. The smallest absolute Gasteiger partial charge is 0.357 e. The van der Waals surface area contributed by atoms with Crippen LogP contribution in [0.1, 0.15) is 16.1 Å². The van der Waals surface area contributed by atoms with Crippen LogP contribution in [0, 0.1) is 11.3 Å². The number of rotatable bonds is 7. The molecule has 19 heavy (non-hydrogen) atoms. The number of nitriles is 1. The van der Waals surface area contributed by atoms with Gasteiger partial charge in [0.1, 0.15) is 18.3 Å². The zero-order chi connectivity index (χ0) is 14.1. The summed E-state index contributed by atoms with van der Waals surface area (Å²) in [5, 5.41) is 8.50. The second kappa shape index (κ2) is 7.97. The van der Waals surface area contributed by atoms with Gasteiger partial charge in [-0.1, -0.05) is 12.7 Å². The highest BCUT2D eigenvalue weighted by Crippen LogP contribution is 2.05. The second-order valence-electron chi connectivity index (χ2n) is 3.69. The number of nitrogens with zero attached hydrogens (tertiary/aromatic N) is 2. The molecule has 6 nitrogen and oxygen atoms in total. The lowest BCUT2D eigenvalue weighted by molar-refractivity contribution is 0.0542. The quantitative estimate of drug-likeness (QED) is 0.575. The minimum atomic E-state index is -0.654. The molecule has 100 valence electrons. The molecule has 0 saturated carbocycles. The number of ether oxygens (including phenoxy) is 2. The molecule has 1 atom stereocenters. The fraction of sp³-hybridized carbons (Fsp3) is 0.308. The topological polar surface area (TPSA) is 98.2 Å². The molecule has 0 aliphatic heterocycles. The van der Waals surface area contributed by atoms with Gasteiger partial charge in [-0.25, -0.2) is 9.78 Å². The Morgan fingerprint density at radius 2 is 2.47 bits per heavy atom. The van der Waals surface area contributed by atoms with Crippen LogP contribution in [-0.2, 0) is 16.1 Å². The Hall–Kier alpha value is -2.23. The molecule has 0 aliphatic carbocycles. The van der Waals surface area contributed by atoms with Crippen molar-refractivity contribution in [3.8, 4) is 6.07 Å². The number of carbonyl (C=O) groups is 1. The first-order chi connectivity index (χ1) is 9.17. The Morgan fingerprint density at radius 1 is 1.68 bits per heavy atom. The number of esters is 1. The van der Waals surface area contributed by atoms with Gasteiger partial charge in [0.05, 0.1) is 19.3 Å². The third-order valence-electron chi connectivity index (χ3n) is 2.10. The van der Waals surface area contributed by atoms with E-state index in [1.807, 2.05) is 6.07 Å². The molecule has 0 fully saturated rings. The predicted octanol–water partition coefficient (Wildman–Crippen LogP) is 0.792.